The third-order valence-corrected chi connectivity index (χ3v) is 4.12. The van der Waals surface area contributed by atoms with Crippen LogP contribution in [0.1, 0.15) is 32.1 Å². The molecular formula is C17H29N5O10. The number of carbonyl (C=O) groups is 6. The van der Waals surface area contributed by atoms with Crippen molar-refractivity contribution >= 4 is 35.6 Å². The molecule has 0 aromatic heterocycles. The number of rotatable bonds is 16. The molecule has 0 aliphatic heterocycles. The maximum atomic E-state index is 12.4. The molecule has 0 rings (SSSR count). The van der Waals surface area contributed by atoms with Gasteiger partial charge in [0.25, 0.3) is 0 Å². The SMILES string of the molecule is NCCCCC(NC(=O)C(CC(=O)O)NC(=O)C(CO)NC(=O)C(N)CC(=O)O)C(=O)O. The minimum absolute atomic E-state index is 0.0167. The molecule has 0 aromatic rings. The lowest BCUT2D eigenvalue weighted by molar-refractivity contribution is -0.144. The zero-order valence-electron chi connectivity index (χ0n) is 17.2. The smallest absolute Gasteiger partial charge is 0.326 e. The first-order valence-corrected chi connectivity index (χ1v) is 9.56. The second-order valence-electron chi connectivity index (χ2n) is 6.79. The number of carboxylic acid groups (broad SMARTS) is 3. The summed E-state index contributed by atoms with van der Waals surface area (Å²) >= 11 is 0. The lowest BCUT2D eigenvalue weighted by Gasteiger charge is -2.23. The van der Waals surface area contributed by atoms with Crippen molar-refractivity contribution in [2.45, 2.75) is 56.3 Å². The van der Waals surface area contributed by atoms with Gasteiger partial charge in [0.05, 0.1) is 25.5 Å². The number of amides is 3. The average molecular weight is 463 g/mol. The van der Waals surface area contributed by atoms with E-state index < -0.39 is 79.2 Å². The van der Waals surface area contributed by atoms with Crippen LogP contribution < -0.4 is 27.4 Å². The highest BCUT2D eigenvalue weighted by molar-refractivity contribution is 5.96. The molecule has 4 unspecified atom stereocenters. The quantitative estimate of drug-likeness (QED) is 0.0988. The molecule has 15 nitrogen and oxygen atoms in total. The van der Waals surface area contributed by atoms with Crippen molar-refractivity contribution in [3.63, 3.8) is 0 Å². The van der Waals surface area contributed by atoms with Crippen LogP contribution in [-0.4, -0.2) is 93.4 Å². The number of nitrogens with one attached hydrogen (secondary N) is 3. The van der Waals surface area contributed by atoms with Crippen LogP contribution >= 0.6 is 0 Å². The molecule has 182 valence electrons. The fourth-order valence-electron chi connectivity index (χ4n) is 2.43. The van der Waals surface area contributed by atoms with Gasteiger partial charge >= 0.3 is 17.9 Å². The van der Waals surface area contributed by atoms with Crippen LogP contribution in [0.2, 0.25) is 0 Å². The van der Waals surface area contributed by atoms with Crippen molar-refractivity contribution in [3.05, 3.63) is 0 Å². The number of aliphatic hydroxyl groups is 1. The van der Waals surface area contributed by atoms with E-state index in [4.69, 9.17) is 21.7 Å². The Bertz CT molecular complexity index is 701. The third-order valence-electron chi connectivity index (χ3n) is 4.12. The molecule has 0 heterocycles. The van der Waals surface area contributed by atoms with Crippen molar-refractivity contribution in [3.8, 4) is 0 Å². The number of hydrogen-bond donors (Lipinski definition) is 9. The van der Waals surface area contributed by atoms with Gasteiger partial charge in [-0.05, 0) is 25.8 Å². The van der Waals surface area contributed by atoms with Crippen LogP contribution in [0.5, 0.6) is 0 Å². The monoisotopic (exact) mass is 463 g/mol. The molecule has 0 spiro atoms. The summed E-state index contributed by atoms with van der Waals surface area (Å²) in [7, 11) is 0. The van der Waals surface area contributed by atoms with Crippen LogP contribution in [-0.2, 0) is 28.8 Å². The van der Waals surface area contributed by atoms with Gasteiger partial charge in [0.2, 0.25) is 17.7 Å². The molecule has 32 heavy (non-hydrogen) atoms. The topological polar surface area (TPSA) is 271 Å². The van der Waals surface area contributed by atoms with Gasteiger partial charge in [-0.15, -0.1) is 0 Å². The Morgan fingerprint density at radius 3 is 1.69 bits per heavy atom. The van der Waals surface area contributed by atoms with Gasteiger partial charge < -0.3 is 47.8 Å². The largest absolute Gasteiger partial charge is 0.481 e. The molecule has 0 aliphatic rings. The van der Waals surface area contributed by atoms with E-state index in [1.165, 1.54) is 0 Å². The van der Waals surface area contributed by atoms with E-state index in [2.05, 4.69) is 5.32 Å². The normalized spacial score (nSPS) is 14.3. The van der Waals surface area contributed by atoms with Crippen LogP contribution in [0.4, 0.5) is 0 Å². The van der Waals surface area contributed by atoms with Crippen molar-refractivity contribution in [1.82, 2.24) is 16.0 Å². The molecule has 0 fully saturated rings. The highest BCUT2D eigenvalue weighted by Crippen LogP contribution is 2.03. The summed E-state index contributed by atoms with van der Waals surface area (Å²) in [6, 6.07) is -6.29. The second kappa shape index (κ2) is 14.7. The number of carboxylic acids is 3. The van der Waals surface area contributed by atoms with Crippen molar-refractivity contribution in [2.24, 2.45) is 11.5 Å². The number of carbonyl (C=O) groups excluding carboxylic acids is 3. The lowest BCUT2D eigenvalue weighted by Crippen LogP contribution is -2.58. The number of aliphatic hydroxyl groups excluding tert-OH is 1. The van der Waals surface area contributed by atoms with E-state index in [1.54, 1.807) is 0 Å². The summed E-state index contributed by atoms with van der Waals surface area (Å²) in [5, 5.41) is 42.4. The molecule has 11 N–H and O–H groups in total. The first-order chi connectivity index (χ1) is 14.9. The van der Waals surface area contributed by atoms with Gasteiger partial charge in [-0.2, -0.15) is 0 Å². The zero-order chi connectivity index (χ0) is 24.8. The third kappa shape index (κ3) is 11.2. The summed E-state index contributed by atoms with van der Waals surface area (Å²) in [5.41, 5.74) is 10.7. The fraction of sp³-hybridized carbons (Fsp3) is 0.647. The van der Waals surface area contributed by atoms with Gasteiger partial charge in [-0.3, -0.25) is 24.0 Å². The molecular weight excluding hydrogens is 434 g/mol. The molecule has 0 saturated heterocycles. The van der Waals surface area contributed by atoms with E-state index in [-0.39, 0.29) is 6.42 Å². The summed E-state index contributed by atoms with van der Waals surface area (Å²) in [6.45, 7) is -0.669. The Balaban J connectivity index is 5.24. The second-order valence-corrected chi connectivity index (χ2v) is 6.79. The van der Waals surface area contributed by atoms with Crippen molar-refractivity contribution < 1.29 is 49.2 Å². The van der Waals surface area contributed by atoms with Gasteiger partial charge in [0, 0.05) is 0 Å². The van der Waals surface area contributed by atoms with Crippen molar-refractivity contribution in [1.29, 1.82) is 0 Å². The standard InChI is InChI=1S/C17H29N5O10/c18-4-2-1-3-9(17(31)32)20-15(29)10(6-13(26)27)21-16(30)11(7-23)22-14(28)8(19)5-12(24)25/h8-11,23H,1-7,18-19H2,(H,20,29)(H,21,30)(H,22,28)(H,24,25)(H,26,27)(H,31,32). The summed E-state index contributed by atoms with van der Waals surface area (Å²) in [6.07, 6.45) is -0.785. The summed E-state index contributed by atoms with van der Waals surface area (Å²) in [5.74, 6) is -7.59. The van der Waals surface area contributed by atoms with Crippen LogP contribution in [0.15, 0.2) is 0 Å². The number of aliphatic carboxylic acids is 3. The molecule has 0 aliphatic carbocycles. The molecule has 4 atom stereocenters. The van der Waals surface area contributed by atoms with Crippen LogP contribution in [0.25, 0.3) is 0 Å². The Morgan fingerprint density at radius 1 is 0.719 bits per heavy atom. The molecule has 0 radical (unpaired) electrons. The maximum absolute atomic E-state index is 12.4. The minimum Gasteiger partial charge on any atom is -0.481 e. The zero-order valence-corrected chi connectivity index (χ0v) is 17.2. The number of hydrogen-bond acceptors (Lipinski definition) is 9. The average Bonchev–Trinajstić information content (AvgIpc) is 2.69. The molecule has 0 bridgehead atoms. The van der Waals surface area contributed by atoms with E-state index in [0.717, 1.165) is 0 Å². The van der Waals surface area contributed by atoms with Gasteiger partial charge in [-0.1, -0.05) is 0 Å². The minimum atomic E-state index is -1.73. The number of nitrogens with two attached hydrogens (primary N) is 2. The first-order valence-electron chi connectivity index (χ1n) is 9.56. The summed E-state index contributed by atoms with van der Waals surface area (Å²) in [4.78, 5) is 69.6. The molecule has 3 amide bonds. The van der Waals surface area contributed by atoms with E-state index in [9.17, 15) is 39.0 Å². The molecule has 15 heteroatoms. The first kappa shape index (κ1) is 28.7. The van der Waals surface area contributed by atoms with Gasteiger partial charge in [0.15, 0.2) is 0 Å². The number of unbranched alkanes of at least 4 members (excludes halogenated alkanes) is 1. The van der Waals surface area contributed by atoms with E-state index in [1.807, 2.05) is 10.6 Å². The summed E-state index contributed by atoms with van der Waals surface area (Å²) < 4.78 is 0. The highest BCUT2D eigenvalue weighted by atomic mass is 16.4. The predicted molar refractivity (Wildman–Crippen MR) is 106 cm³/mol. The van der Waals surface area contributed by atoms with Crippen molar-refractivity contribution in [2.75, 3.05) is 13.2 Å². The van der Waals surface area contributed by atoms with Gasteiger partial charge in [-0.25, -0.2) is 4.79 Å². The van der Waals surface area contributed by atoms with Gasteiger partial charge in [0.1, 0.15) is 18.1 Å². The van der Waals surface area contributed by atoms with E-state index in [0.29, 0.717) is 19.4 Å². The Labute approximate surface area is 182 Å². The lowest BCUT2D eigenvalue weighted by atomic mass is 10.1. The van der Waals surface area contributed by atoms with E-state index >= 15 is 0 Å². The fourth-order valence-corrected chi connectivity index (χ4v) is 2.43. The predicted octanol–water partition coefficient (Wildman–Crippen LogP) is -4.08. The molecule has 0 saturated carbocycles. The van der Waals surface area contributed by atoms with Crippen LogP contribution in [0.3, 0.4) is 0 Å². The highest BCUT2D eigenvalue weighted by Gasteiger charge is 2.31. The Kier molecular flexibility index (Phi) is 13.1. The van der Waals surface area contributed by atoms with Crippen LogP contribution in [0, 0.1) is 0 Å². The molecule has 0 aromatic carbocycles. The maximum Gasteiger partial charge on any atom is 0.326 e. The Morgan fingerprint density at radius 2 is 1.22 bits per heavy atom. The Hall–Kier alpha value is -3.30.